The van der Waals surface area contributed by atoms with Crippen molar-refractivity contribution in [3.63, 3.8) is 0 Å². The number of fused-ring (bicyclic) bond motifs is 1. The zero-order chi connectivity index (χ0) is 15.0. The maximum atomic E-state index is 9.07. The number of benzene rings is 2. The molecule has 0 unspecified atom stereocenters. The minimum Gasteiger partial charge on any atom is -0.295 e. The van der Waals surface area contributed by atoms with Crippen molar-refractivity contribution >= 4 is 50.2 Å². The topological polar surface area (TPSA) is 41.6 Å². The smallest absolute Gasteiger partial charge is 0.129 e. The summed E-state index contributed by atoms with van der Waals surface area (Å²) in [5, 5.41) is 9.67. The lowest BCUT2D eigenvalue weighted by atomic mass is 10.2. The molecule has 0 aliphatic rings. The van der Waals surface area contributed by atoms with Gasteiger partial charge in [-0.25, -0.2) is 4.98 Å². The van der Waals surface area contributed by atoms with Gasteiger partial charge in [0.2, 0.25) is 0 Å². The molecular formula is C15H8BrCl2N3. The molecule has 0 fully saturated rings. The Bertz CT molecular complexity index is 880. The van der Waals surface area contributed by atoms with Gasteiger partial charge in [0.1, 0.15) is 5.82 Å². The third-order valence-corrected chi connectivity index (χ3v) is 4.61. The van der Waals surface area contributed by atoms with E-state index in [0.29, 0.717) is 16.4 Å². The second-order valence-corrected chi connectivity index (χ2v) is 5.94. The minimum atomic E-state index is 0.268. The molecule has 3 nitrogen and oxygen atoms in total. The van der Waals surface area contributed by atoms with Gasteiger partial charge in [-0.3, -0.25) is 4.57 Å². The van der Waals surface area contributed by atoms with Crippen molar-refractivity contribution in [2.24, 2.45) is 0 Å². The molecular weight excluding hydrogens is 373 g/mol. The summed E-state index contributed by atoms with van der Waals surface area (Å²) in [7, 11) is 0. The van der Waals surface area contributed by atoms with Crippen molar-refractivity contribution in [3.8, 4) is 11.8 Å². The number of imidazole rings is 1. The lowest BCUT2D eigenvalue weighted by Crippen LogP contribution is -1.99. The fourth-order valence-electron chi connectivity index (χ4n) is 2.20. The Labute approximate surface area is 139 Å². The molecule has 3 rings (SSSR count). The average Bonchev–Trinajstić information content (AvgIpc) is 2.87. The molecule has 0 saturated heterocycles. The number of alkyl halides is 1. The Balaban J connectivity index is 2.33. The summed E-state index contributed by atoms with van der Waals surface area (Å²) in [6.45, 7) is 0. The predicted molar refractivity (Wildman–Crippen MR) is 88.1 cm³/mol. The molecule has 21 heavy (non-hydrogen) atoms. The van der Waals surface area contributed by atoms with Crippen molar-refractivity contribution in [2.45, 2.75) is 5.88 Å². The van der Waals surface area contributed by atoms with Crippen LogP contribution in [0.1, 0.15) is 11.4 Å². The van der Waals surface area contributed by atoms with Gasteiger partial charge in [0.25, 0.3) is 0 Å². The van der Waals surface area contributed by atoms with Crippen LogP contribution < -0.4 is 0 Å². The molecule has 0 N–H and O–H groups in total. The van der Waals surface area contributed by atoms with E-state index in [1.165, 1.54) is 0 Å². The second kappa shape index (κ2) is 5.69. The standard InChI is InChI=1S/C15H8BrCl2N3/c16-11-3-2-10(6-12(11)18)21-14-5-9(8-19)1-4-13(14)20-15(21)7-17/h1-6H,7H2. The molecule has 0 amide bonds. The highest BCUT2D eigenvalue weighted by molar-refractivity contribution is 9.10. The summed E-state index contributed by atoms with van der Waals surface area (Å²) in [5.74, 6) is 0.977. The summed E-state index contributed by atoms with van der Waals surface area (Å²) in [4.78, 5) is 4.50. The quantitative estimate of drug-likeness (QED) is 0.583. The van der Waals surface area contributed by atoms with Crippen molar-refractivity contribution in [2.75, 3.05) is 0 Å². The number of halogens is 3. The molecule has 0 aliphatic carbocycles. The highest BCUT2D eigenvalue weighted by atomic mass is 79.9. The van der Waals surface area contributed by atoms with Crippen LogP contribution in [0, 0.1) is 11.3 Å². The lowest BCUT2D eigenvalue weighted by Gasteiger charge is -2.09. The highest BCUT2D eigenvalue weighted by Crippen LogP contribution is 2.29. The number of hydrogen-bond acceptors (Lipinski definition) is 2. The number of nitriles is 1. The number of aromatic nitrogens is 2. The first-order chi connectivity index (χ1) is 10.1. The van der Waals surface area contributed by atoms with E-state index >= 15 is 0 Å². The molecule has 3 aromatic rings. The van der Waals surface area contributed by atoms with Gasteiger partial charge in [-0.05, 0) is 52.3 Å². The largest absolute Gasteiger partial charge is 0.295 e. The van der Waals surface area contributed by atoms with Crippen LogP contribution in [0.2, 0.25) is 5.02 Å². The third kappa shape index (κ3) is 2.53. The van der Waals surface area contributed by atoms with Crippen molar-refractivity contribution < 1.29 is 0 Å². The summed E-state index contributed by atoms with van der Waals surface area (Å²) >= 11 is 15.6. The first kappa shape index (κ1) is 14.4. The number of hydrogen-bond donors (Lipinski definition) is 0. The average molecular weight is 381 g/mol. The van der Waals surface area contributed by atoms with Gasteiger partial charge in [-0.1, -0.05) is 11.6 Å². The van der Waals surface area contributed by atoms with E-state index in [9.17, 15) is 0 Å². The van der Waals surface area contributed by atoms with Crippen molar-refractivity contribution in [1.29, 1.82) is 5.26 Å². The molecule has 0 bridgehead atoms. The summed E-state index contributed by atoms with van der Waals surface area (Å²) in [6.07, 6.45) is 0. The fraction of sp³-hybridized carbons (Fsp3) is 0.0667. The zero-order valence-electron chi connectivity index (χ0n) is 10.6. The molecule has 0 aliphatic heterocycles. The summed E-state index contributed by atoms with van der Waals surface area (Å²) in [5.41, 5.74) is 3.07. The van der Waals surface area contributed by atoms with Crippen LogP contribution in [0.3, 0.4) is 0 Å². The fourth-order valence-corrected chi connectivity index (χ4v) is 2.80. The molecule has 0 saturated carbocycles. The maximum Gasteiger partial charge on any atom is 0.129 e. The zero-order valence-corrected chi connectivity index (χ0v) is 13.7. The molecule has 0 spiro atoms. The Kier molecular flexibility index (Phi) is 3.90. The summed E-state index contributed by atoms with van der Waals surface area (Å²) in [6, 6.07) is 13.1. The first-order valence-corrected chi connectivity index (χ1v) is 7.77. The van der Waals surface area contributed by atoms with Crippen LogP contribution in [0.15, 0.2) is 40.9 Å². The molecule has 2 aromatic carbocycles. The monoisotopic (exact) mass is 379 g/mol. The van der Waals surface area contributed by atoms with E-state index in [-0.39, 0.29) is 5.88 Å². The predicted octanol–water partition coefficient (Wildman–Crippen LogP) is 5.05. The third-order valence-electron chi connectivity index (χ3n) is 3.13. The van der Waals surface area contributed by atoms with Gasteiger partial charge in [-0.2, -0.15) is 5.26 Å². The van der Waals surface area contributed by atoms with Crippen LogP contribution in [-0.4, -0.2) is 9.55 Å². The van der Waals surface area contributed by atoms with E-state index in [4.69, 9.17) is 28.5 Å². The Morgan fingerprint density at radius 3 is 2.71 bits per heavy atom. The van der Waals surface area contributed by atoms with Crippen LogP contribution in [0.4, 0.5) is 0 Å². The lowest BCUT2D eigenvalue weighted by molar-refractivity contribution is 0.981. The van der Waals surface area contributed by atoms with Gasteiger partial charge in [0, 0.05) is 10.2 Å². The SMILES string of the molecule is N#Cc1ccc2nc(CCl)n(-c3ccc(Br)c(Cl)c3)c2c1. The molecule has 104 valence electrons. The highest BCUT2D eigenvalue weighted by Gasteiger charge is 2.13. The Morgan fingerprint density at radius 2 is 2.05 bits per heavy atom. The van der Waals surface area contributed by atoms with Crippen LogP contribution in [0.25, 0.3) is 16.7 Å². The van der Waals surface area contributed by atoms with E-state index in [0.717, 1.165) is 21.2 Å². The minimum absolute atomic E-state index is 0.268. The van der Waals surface area contributed by atoms with Gasteiger partial charge in [0.15, 0.2) is 0 Å². The van der Waals surface area contributed by atoms with E-state index in [1.807, 2.05) is 28.8 Å². The van der Waals surface area contributed by atoms with Crippen LogP contribution >= 0.6 is 39.1 Å². The molecule has 1 heterocycles. The van der Waals surface area contributed by atoms with E-state index < -0.39 is 0 Å². The first-order valence-electron chi connectivity index (χ1n) is 6.07. The van der Waals surface area contributed by atoms with E-state index in [1.54, 1.807) is 12.1 Å². The number of rotatable bonds is 2. The molecule has 0 atom stereocenters. The molecule has 0 radical (unpaired) electrons. The van der Waals surface area contributed by atoms with Crippen molar-refractivity contribution in [3.05, 3.63) is 57.3 Å². The van der Waals surface area contributed by atoms with Gasteiger partial charge < -0.3 is 0 Å². The molecule has 1 aromatic heterocycles. The Morgan fingerprint density at radius 1 is 1.24 bits per heavy atom. The number of nitrogens with zero attached hydrogens (tertiary/aromatic N) is 3. The molecule has 6 heteroatoms. The normalized spacial score (nSPS) is 10.8. The second-order valence-electron chi connectivity index (χ2n) is 4.41. The Hall–Kier alpha value is -1.54. The van der Waals surface area contributed by atoms with Crippen molar-refractivity contribution in [1.82, 2.24) is 9.55 Å². The summed E-state index contributed by atoms with van der Waals surface area (Å²) < 4.78 is 2.74. The van der Waals surface area contributed by atoms with Crippen LogP contribution in [0.5, 0.6) is 0 Å². The van der Waals surface area contributed by atoms with Crippen LogP contribution in [-0.2, 0) is 5.88 Å². The van der Waals surface area contributed by atoms with Gasteiger partial charge in [0.05, 0.1) is 33.6 Å². The van der Waals surface area contributed by atoms with Gasteiger partial charge in [-0.15, -0.1) is 11.6 Å². The van der Waals surface area contributed by atoms with E-state index in [2.05, 4.69) is 27.0 Å². The maximum absolute atomic E-state index is 9.07. The van der Waals surface area contributed by atoms with Gasteiger partial charge >= 0.3 is 0 Å².